The minimum Gasteiger partial charge on any atom is -0.368 e. The fourth-order valence-corrected chi connectivity index (χ4v) is 4.01. The fourth-order valence-electron chi connectivity index (χ4n) is 3.71. The van der Waals surface area contributed by atoms with Gasteiger partial charge in [-0.3, -0.25) is 4.79 Å². The maximum atomic E-state index is 13.1. The van der Waals surface area contributed by atoms with E-state index in [-0.39, 0.29) is 11.7 Å². The second-order valence-corrected chi connectivity index (χ2v) is 7.91. The van der Waals surface area contributed by atoms with Crippen LogP contribution in [0.2, 0.25) is 5.15 Å². The zero-order chi connectivity index (χ0) is 21.8. The number of hydrogen-bond acceptors (Lipinski definition) is 3. The highest BCUT2D eigenvalue weighted by Gasteiger charge is 2.20. The lowest BCUT2D eigenvalue weighted by molar-refractivity contribution is -0.126. The van der Waals surface area contributed by atoms with Crippen molar-refractivity contribution in [2.75, 3.05) is 31.1 Å². The molecule has 0 radical (unpaired) electrons. The van der Waals surface area contributed by atoms with E-state index in [9.17, 15) is 9.18 Å². The van der Waals surface area contributed by atoms with Crippen molar-refractivity contribution in [1.29, 1.82) is 0 Å². The molecule has 1 saturated heterocycles. The molecule has 5 nitrogen and oxygen atoms in total. The van der Waals surface area contributed by atoms with E-state index in [1.165, 1.54) is 12.1 Å². The number of aromatic nitrogens is 2. The van der Waals surface area contributed by atoms with Crippen molar-refractivity contribution in [3.8, 4) is 0 Å². The number of benzene rings is 2. The van der Waals surface area contributed by atoms with E-state index in [1.807, 2.05) is 42.2 Å². The second-order valence-electron chi connectivity index (χ2n) is 7.56. The van der Waals surface area contributed by atoms with Crippen LogP contribution in [0.15, 0.2) is 60.7 Å². The van der Waals surface area contributed by atoms with Crippen molar-refractivity contribution in [3.63, 3.8) is 0 Å². The number of rotatable bonds is 5. The van der Waals surface area contributed by atoms with Gasteiger partial charge in [0.25, 0.3) is 0 Å². The van der Waals surface area contributed by atoms with E-state index >= 15 is 0 Å². The number of amides is 1. The van der Waals surface area contributed by atoms with Gasteiger partial charge in [-0.15, -0.1) is 0 Å². The number of aryl methyl sites for hydroxylation is 1. The predicted octanol–water partition coefficient (Wildman–Crippen LogP) is 4.39. The van der Waals surface area contributed by atoms with Crippen LogP contribution in [0.25, 0.3) is 6.08 Å². The van der Waals surface area contributed by atoms with E-state index in [0.29, 0.717) is 37.9 Å². The summed E-state index contributed by atoms with van der Waals surface area (Å²) in [4.78, 5) is 16.6. The Hall–Kier alpha value is -3.12. The normalized spacial score (nSPS) is 14.4. The number of carbonyl (C=O) groups excluding carboxylic acids is 1. The Morgan fingerprint density at radius 3 is 2.42 bits per heavy atom. The monoisotopic (exact) mass is 438 g/mol. The smallest absolute Gasteiger partial charge is 0.246 e. The number of hydrogen-bond donors (Lipinski definition) is 0. The molecule has 0 N–H and O–H groups in total. The van der Waals surface area contributed by atoms with E-state index < -0.39 is 0 Å². The van der Waals surface area contributed by atoms with Crippen LogP contribution in [-0.4, -0.2) is 46.8 Å². The number of nitrogens with zero attached hydrogens (tertiary/aromatic N) is 4. The molecule has 3 aromatic rings. The Labute approximate surface area is 186 Å². The summed E-state index contributed by atoms with van der Waals surface area (Å²) in [6.45, 7) is 5.10. The van der Waals surface area contributed by atoms with Crippen LogP contribution in [0.3, 0.4) is 0 Å². The van der Waals surface area contributed by atoms with Gasteiger partial charge in [-0.2, -0.15) is 5.10 Å². The summed E-state index contributed by atoms with van der Waals surface area (Å²) in [6, 6.07) is 16.4. The SMILES string of the molecule is Cc1nn(Cc2ccccc2)c(Cl)c1/C=C/C(=O)N1CCN(c2ccc(F)cc2)CC1. The molecule has 1 amide bonds. The Kier molecular flexibility index (Phi) is 6.37. The van der Waals surface area contributed by atoms with Crippen molar-refractivity contribution in [3.05, 3.63) is 88.5 Å². The van der Waals surface area contributed by atoms with Gasteiger partial charge in [0, 0.05) is 43.5 Å². The van der Waals surface area contributed by atoms with Crippen LogP contribution in [-0.2, 0) is 11.3 Å². The first-order valence-corrected chi connectivity index (χ1v) is 10.6. The summed E-state index contributed by atoms with van der Waals surface area (Å²) >= 11 is 6.54. The van der Waals surface area contributed by atoms with Gasteiger partial charge in [0.15, 0.2) is 0 Å². The number of anilines is 1. The number of carbonyl (C=O) groups is 1. The van der Waals surface area contributed by atoms with Crippen LogP contribution >= 0.6 is 11.6 Å². The summed E-state index contributed by atoms with van der Waals surface area (Å²) in [5, 5.41) is 5.04. The van der Waals surface area contributed by atoms with E-state index in [4.69, 9.17) is 11.6 Å². The molecule has 4 rings (SSSR count). The van der Waals surface area contributed by atoms with Crippen LogP contribution in [0, 0.1) is 12.7 Å². The van der Waals surface area contributed by atoms with Crippen molar-refractivity contribution >= 4 is 29.3 Å². The molecule has 7 heteroatoms. The highest BCUT2D eigenvalue weighted by Crippen LogP contribution is 2.23. The molecule has 2 aromatic carbocycles. The molecule has 160 valence electrons. The molecule has 0 bridgehead atoms. The molecule has 31 heavy (non-hydrogen) atoms. The summed E-state index contributed by atoms with van der Waals surface area (Å²) < 4.78 is 14.9. The van der Waals surface area contributed by atoms with E-state index in [2.05, 4.69) is 10.00 Å². The minimum absolute atomic E-state index is 0.0509. The highest BCUT2D eigenvalue weighted by atomic mass is 35.5. The van der Waals surface area contributed by atoms with Gasteiger partial charge in [0.2, 0.25) is 5.91 Å². The molecule has 1 aromatic heterocycles. The molecule has 0 unspecified atom stereocenters. The van der Waals surface area contributed by atoms with Gasteiger partial charge >= 0.3 is 0 Å². The molecule has 1 fully saturated rings. The summed E-state index contributed by atoms with van der Waals surface area (Å²) in [5.41, 5.74) is 3.62. The fraction of sp³-hybridized carbons (Fsp3) is 0.250. The predicted molar refractivity (Wildman–Crippen MR) is 122 cm³/mol. The molecule has 0 aliphatic carbocycles. The average molecular weight is 439 g/mol. The van der Waals surface area contributed by atoms with Gasteiger partial charge in [0.1, 0.15) is 11.0 Å². The van der Waals surface area contributed by atoms with Crippen LogP contribution in [0.1, 0.15) is 16.8 Å². The largest absolute Gasteiger partial charge is 0.368 e. The van der Waals surface area contributed by atoms with Crippen molar-refractivity contribution in [2.24, 2.45) is 0 Å². The molecule has 1 aliphatic rings. The molecule has 0 atom stereocenters. The van der Waals surface area contributed by atoms with Crippen molar-refractivity contribution in [1.82, 2.24) is 14.7 Å². The van der Waals surface area contributed by atoms with Gasteiger partial charge in [0.05, 0.1) is 12.2 Å². The van der Waals surface area contributed by atoms with Gasteiger partial charge < -0.3 is 9.80 Å². The third kappa shape index (κ3) is 4.97. The number of piperazine rings is 1. The zero-order valence-corrected chi connectivity index (χ0v) is 18.1. The first kappa shape index (κ1) is 21.1. The van der Waals surface area contributed by atoms with Gasteiger partial charge in [-0.1, -0.05) is 41.9 Å². The van der Waals surface area contributed by atoms with Crippen molar-refractivity contribution in [2.45, 2.75) is 13.5 Å². The quantitative estimate of drug-likeness (QED) is 0.554. The molecular formula is C24H24ClFN4O. The molecular weight excluding hydrogens is 415 g/mol. The van der Waals surface area contributed by atoms with Crippen molar-refractivity contribution < 1.29 is 9.18 Å². The lowest BCUT2D eigenvalue weighted by Crippen LogP contribution is -2.48. The van der Waals surface area contributed by atoms with Gasteiger partial charge in [-0.05, 0) is 42.8 Å². The molecule has 0 saturated carbocycles. The first-order valence-electron chi connectivity index (χ1n) is 10.3. The third-order valence-electron chi connectivity index (χ3n) is 5.46. The summed E-state index contributed by atoms with van der Waals surface area (Å²) in [6.07, 6.45) is 3.32. The zero-order valence-electron chi connectivity index (χ0n) is 17.3. The Morgan fingerprint density at radius 2 is 1.74 bits per heavy atom. The van der Waals surface area contributed by atoms with E-state index in [0.717, 1.165) is 22.5 Å². The van der Waals surface area contributed by atoms with Crippen LogP contribution in [0.4, 0.5) is 10.1 Å². The average Bonchev–Trinajstić information content (AvgIpc) is 3.05. The molecule has 1 aliphatic heterocycles. The second kappa shape index (κ2) is 9.35. The number of halogens is 2. The summed E-state index contributed by atoms with van der Waals surface area (Å²) in [7, 11) is 0. The van der Waals surface area contributed by atoms with Crippen LogP contribution < -0.4 is 4.90 Å². The third-order valence-corrected chi connectivity index (χ3v) is 5.86. The molecule has 2 heterocycles. The van der Waals surface area contributed by atoms with Crippen LogP contribution in [0.5, 0.6) is 0 Å². The molecule has 0 spiro atoms. The summed E-state index contributed by atoms with van der Waals surface area (Å²) in [5.74, 6) is -0.297. The topological polar surface area (TPSA) is 41.4 Å². The van der Waals surface area contributed by atoms with Gasteiger partial charge in [-0.25, -0.2) is 9.07 Å². The highest BCUT2D eigenvalue weighted by molar-refractivity contribution is 6.31. The lowest BCUT2D eigenvalue weighted by atomic mass is 10.2. The Bertz CT molecular complexity index is 1070. The minimum atomic E-state index is -0.247. The van der Waals surface area contributed by atoms with E-state index in [1.54, 1.807) is 29.0 Å². The first-order chi connectivity index (χ1) is 15.0. The maximum absolute atomic E-state index is 13.1. The lowest BCUT2D eigenvalue weighted by Gasteiger charge is -2.35. The Morgan fingerprint density at radius 1 is 1.06 bits per heavy atom. The Balaban J connectivity index is 1.38. The standard InChI is InChI=1S/C24H24ClFN4O/c1-18-22(24(25)30(27-18)17-19-5-3-2-4-6-19)11-12-23(31)29-15-13-28(14-16-29)21-9-7-20(26)8-10-21/h2-12H,13-17H2,1H3/b12-11+. The maximum Gasteiger partial charge on any atom is 0.246 e.